The molecule has 0 unspecified atom stereocenters. The molecule has 0 aliphatic carbocycles. The van der Waals surface area contributed by atoms with Crippen LogP contribution >= 0.6 is 15.9 Å². The molecular weight excluding hydrogens is 298 g/mol. The molecule has 0 saturated carbocycles. The number of halogens is 1. The minimum absolute atomic E-state index is 0.581. The van der Waals surface area contributed by atoms with Gasteiger partial charge in [-0.05, 0) is 29.8 Å². The first-order valence-corrected chi connectivity index (χ1v) is 6.62. The Morgan fingerprint density at radius 1 is 1.33 bits per heavy atom. The molecule has 0 fully saturated rings. The monoisotopic (exact) mass is 313 g/mol. The Hall–Kier alpha value is -1.21. The number of aromatic nitrogens is 4. The second-order valence-corrected chi connectivity index (χ2v) is 4.79. The molecule has 0 spiro atoms. The Morgan fingerprint density at radius 2 is 2.11 bits per heavy atom. The van der Waals surface area contributed by atoms with E-state index in [1.165, 1.54) is 0 Å². The summed E-state index contributed by atoms with van der Waals surface area (Å²) in [7, 11) is 0. The lowest BCUT2D eigenvalue weighted by atomic mass is 10.3. The van der Waals surface area contributed by atoms with E-state index in [-0.39, 0.29) is 0 Å². The molecule has 0 amide bonds. The zero-order valence-corrected chi connectivity index (χ0v) is 12.3. The third kappa shape index (κ3) is 2.78. The highest BCUT2D eigenvalue weighted by atomic mass is 79.9. The number of nitrogens with zero attached hydrogens (tertiary/aromatic N) is 4. The standard InChI is InChI=1S/C11H16BrN5O/c1-4-17-9(11(12)7(2)15-17)5-13-6-10-14-8(3)18-16-10/h13H,4-6H2,1-3H3. The van der Waals surface area contributed by atoms with Gasteiger partial charge in [0.05, 0.1) is 22.4 Å². The molecule has 0 bridgehead atoms. The minimum Gasteiger partial charge on any atom is -0.340 e. The quantitative estimate of drug-likeness (QED) is 0.913. The van der Waals surface area contributed by atoms with Crippen molar-refractivity contribution in [2.45, 2.75) is 40.4 Å². The normalized spacial score (nSPS) is 11.1. The second kappa shape index (κ2) is 5.62. The predicted molar refractivity (Wildman–Crippen MR) is 69.9 cm³/mol. The maximum absolute atomic E-state index is 4.91. The zero-order valence-electron chi connectivity index (χ0n) is 10.7. The average molecular weight is 314 g/mol. The van der Waals surface area contributed by atoms with Crippen LogP contribution in [0.15, 0.2) is 9.00 Å². The fourth-order valence-electron chi connectivity index (χ4n) is 1.74. The molecule has 0 saturated heterocycles. The number of aryl methyl sites for hydroxylation is 3. The van der Waals surface area contributed by atoms with Gasteiger partial charge < -0.3 is 9.84 Å². The van der Waals surface area contributed by atoms with Gasteiger partial charge in [-0.15, -0.1) is 0 Å². The van der Waals surface area contributed by atoms with Crippen LogP contribution in [0, 0.1) is 13.8 Å². The van der Waals surface area contributed by atoms with Gasteiger partial charge in [0.15, 0.2) is 5.82 Å². The van der Waals surface area contributed by atoms with E-state index < -0.39 is 0 Å². The summed E-state index contributed by atoms with van der Waals surface area (Å²) in [4.78, 5) is 4.14. The number of rotatable bonds is 5. The molecule has 2 rings (SSSR count). The fourth-order valence-corrected chi connectivity index (χ4v) is 2.17. The molecule has 98 valence electrons. The first kappa shape index (κ1) is 13.2. The van der Waals surface area contributed by atoms with Crippen molar-refractivity contribution in [1.29, 1.82) is 0 Å². The summed E-state index contributed by atoms with van der Waals surface area (Å²) in [6, 6.07) is 0. The fraction of sp³-hybridized carbons (Fsp3) is 0.545. The molecule has 18 heavy (non-hydrogen) atoms. The molecule has 0 aliphatic rings. The van der Waals surface area contributed by atoms with Crippen LogP contribution in [0.1, 0.15) is 30.0 Å². The van der Waals surface area contributed by atoms with Gasteiger partial charge in [-0.25, -0.2) is 0 Å². The maximum atomic E-state index is 4.91. The highest BCUT2D eigenvalue weighted by molar-refractivity contribution is 9.10. The molecule has 7 heteroatoms. The van der Waals surface area contributed by atoms with Gasteiger partial charge in [-0.1, -0.05) is 5.16 Å². The van der Waals surface area contributed by atoms with Crippen LogP contribution in [0.3, 0.4) is 0 Å². The van der Waals surface area contributed by atoms with Crippen molar-refractivity contribution < 1.29 is 4.52 Å². The van der Waals surface area contributed by atoms with Gasteiger partial charge in [-0.3, -0.25) is 4.68 Å². The lowest BCUT2D eigenvalue weighted by Gasteiger charge is -2.05. The summed E-state index contributed by atoms with van der Waals surface area (Å²) in [5.41, 5.74) is 2.14. The van der Waals surface area contributed by atoms with Gasteiger partial charge >= 0.3 is 0 Å². The maximum Gasteiger partial charge on any atom is 0.223 e. The summed E-state index contributed by atoms with van der Waals surface area (Å²) < 4.78 is 7.95. The van der Waals surface area contributed by atoms with Crippen molar-refractivity contribution in [3.05, 3.63) is 27.6 Å². The van der Waals surface area contributed by atoms with Crippen molar-refractivity contribution in [3.63, 3.8) is 0 Å². The molecule has 1 N–H and O–H groups in total. The summed E-state index contributed by atoms with van der Waals surface area (Å²) in [6.45, 7) is 7.99. The predicted octanol–water partition coefficient (Wildman–Crippen LogP) is 1.96. The van der Waals surface area contributed by atoms with E-state index in [2.05, 4.69) is 43.4 Å². The van der Waals surface area contributed by atoms with Gasteiger partial charge in [0.2, 0.25) is 5.89 Å². The minimum atomic E-state index is 0.581. The lowest BCUT2D eigenvalue weighted by Crippen LogP contribution is -2.17. The van der Waals surface area contributed by atoms with Crippen LogP contribution in [0.4, 0.5) is 0 Å². The van der Waals surface area contributed by atoms with E-state index in [9.17, 15) is 0 Å². The highest BCUT2D eigenvalue weighted by Crippen LogP contribution is 2.20. The third-order valence-electron chi connectivity index (χ3n) is 2.60. The molecule has 2 heterocycles. The van der Waals surface area contributed by atoms with Crippen LogP contribution in [0.25, 0.3) is 0 Å². The Labute approximate surface area is 114 Å². The Kier molecular flexibility index (Phi) is 4.13. The van der Waals surface area contributed by atoms with Crippen LogP contribution < -0.4 is 5.32 Å². The van der Waals surface area contributed by atoms with E-state index in [0.29, 0.717) is 24.8 Å². The largest absolute Gasteiger partial charge is 0.340 e. The Morgan fingerprint density at radius 3 is 2.72 bits per heavy atom. The third-order valence-corrected chi connectivity index (χ3v) is 3.63. The molecule has 0 aliphatic heterocycles. The van der Waals surface area contributed by atoms with Crippen molar-refractivity contribution in [2.75, 3.05) is 0 Å². The second-order valence-electron chi connectivity index (χ2n) is 4.00. The molecule has 0 aromatic carbocycles. The van der Waals surface area contributed by atoms with Crippen molar-refractivity contribution in [1.82, 2.24) is 25.2 Å². The Balaban J connectivity index is 1.98. The van der Waals surface area contributed by atoms with E-state index in [1.807, 2.05) is 11.6 Å². The zero-order chi connectivity index (χ0) is 13.1. The van der Waals surface area contributed by atoms with Crippen LogP contribution in [-0.2, 0) is 19.6 Å². The van der Waals surface area contributed by atoms with E-state index in [0.717, 1.165) is 22.4 Å². The molecular formula is C11H16BrN5O. The summed E-state index contributed by atoms with van der Waals surface area (Å²) in [5.74, 6) is 1.25. The van der Waals surface area contributed by atoms with E-state index >= 15 is 0 Å². The van der Waals surface area contributed by atoms with Crippen molar-refractivity contribution in [3.8, 4) is 0 Å². The summed E-state index contributed by atoms with van der Waals surface area (Å²) in [6.07, 6.45) is 0. The highest BCUT2D eigenvalue weighted by Gasteiger charge is 2.11. The van der Waals surface area contributed by atoms with Crippen molar-refractivity contribution in [2.24, 2.45) is 0 Å². The van der Waals surface area contributed by atoms with Gasteiger partial charge in [0.25, 0.3) is 0 Å². The van der Waals surface area contributed by atoms with Gasteiger partial charge in [0.1, 0.15) is 0 Å². The lowest BCUT2D eigenvalue weighted by molar-refractivity contribution is 0.385. The van der Waals surface area contributed by atoms with Crippen LogP contribution in [0.2, 0.25) is 0 Å². The molecule has 0 radical (unpaired) electrons. The summed E-state index contributed by atoms with van der Waals surface area (Å²) >= 11 is 3.56. The average Bonchev–Trinajstić information content (AvgIpc) is 2.87. The van der Waals surface area contributed by atoms with E-state index in [4.69, 9.17) is 4.52 Å². The van der Waals surface area contributed by atoms with Crippen LogP contribution in [-0.4, -0.2) is 19.9 Å². The van der Waals surface area contributed by atoms with Gasteiger partial charge in [-0.2, -0.15) is 10.1 Å². The first-order valence-electron chi connectivity index (χ1n) is 5.83. The molecule has 6 nitrogen and oxygen atoms in total. The molecule has 0 atom stereocenters. The Bertz CT molecular complexity index is 534. The topological polar surface area (TPSA) is 68.8 Å². The van der Waals surface area contributed by atoms with Crippen LogP contribution in [0.5, 0.6) is 0 Å². The first-order chi connectivity index (χ1) is 8.61. The SMILES string of the molecule is CCn1nc(C)c(Br)c1CNCc1noc(C)n1. The number of hydrogen-bond donors (Lipinski definition) is 1. The molecule has 2 aromatic heterocycles. The number of hydrogen-bond acceptors (Lipinski definition) is 5. The van der Waals surface area contributed by atoms with Gasteiger partial charge in [0, 0.05) is 20.0 Å². The summed E-state index contributed by atoms with van der Waals surface area (Å²) in [5, 5.41) is 11.6. The number of nitrogens with one attached hydrogen (secondary N) is 1. The smallest absolute Gasteiger partial charge is 0.223 e. The van der Waals surface area contributed by atoms with Crippen molar-refractivity contribution >= 4 is 15.9 Å². The molecule has 2 aromatic rings. The van der Waals surface area contributed by atoms with E-state index in [1.54, 1.807) is 6.92 Å².